The summed E-state index contributed by atoms with van der Waals surface area (Å²) in [7, 11) is 0. The first-order chi connectivity index (χ1) is 8.42. The molecule has 0 saturated carbocycles. The Kier molecular flexibility index (Phi) is 2.54. The van der Waals surface area contributed by atoms with Gasteiger partial charge in [0.15, 0.2) is 6.26 Å². The second-order valence-electron chi connectivity index (χ2n) is 3.84. The molecular weight excluding hydrogens is 212 g/mol. The maximum atomic E-state index is 5.71. The van der Waals surface area contributed by atoms with E-state index < -0.39 is 0 Å². The van der Waals surface area contributed by atoms with E-state index in [1.165, 1.54) is 0 Å². The van der Waals surface area contributed by atoms with Crippen molar-refractivity contribution in [1.82, 2.24) is 0 Å². The van der Waals surface area contributed by atoms with Gasteiger partial charge in [0.1, 0.15) is 17.9 Å². The van der Waals surface area contributed by atoms with E-state index in [1.807, 2.05) is 54.6 Å². The Morgan fingerprint density at radius 2 is 1.94 bits per heavy atom. The highest BCUT2D eigenvalue weighted by Crippen LogP contribution is 2.21. The van der Waals surface area contributed by atoms with Crippen LogP contribution in [0, 0.1) is 6.26 Å². The van der Waals surface area contributed by atoms with Gasteiger partial charge in [0.2, 0.25) is 0 Å². The molecule has 2 aromatic carbocycles. The predicted molar refractivity (Wildman–Crippen MR) is 65.8 cm³/mol. The zero-order valence-corrected chi connectivity index (χ0v) is 9.22. The van der Waals surface area contributed by atoms with Crippen LogP contribution in [-0.2, 0) is 6.61 Å². The van der Waals surface area contributed by atoms with Crippen molar-refractivity contribution in [3.8, 4) is 5.75 Å². The molecule has 0 bridgehead atoms. The Morgan fingerprint density at radius 1 is 1.06 bits per heavy atom. The van der Waals surface area contributed by atoms with Crippen LogP contribution in [0.15, 0.2) is 59.0 Å². The third kappa shape index (κ3) is 2.16. The van der Waals surface area contributed by atoms with Crippen LogP contribution >= 0.6 is 0 Å². The molecular formula is C15H11O2. The fourth-order valence-corrected chi connectivity index (χ4v) is 1.72. The molecule has 3 aromatic rings. The van der Waals surface area contributed by atoms with Gasteiger partial charge in [-0.2, -0.15) is 0 Å². The minimum Gasteiger partial charge on any atom is -0.489 e. The molecule has 1 heterocycles. The van der Waals surface area contributed by atoms with Gasteiger partial charge in [0, 0.05) is 5.39 Å². The van der Waals surface area contributed by atoms with Crippen molar-refractivity contribution >= 4 is 11.0 Å². The van der Waals surface area contributed by atoms with Crippen molar-refractivity contribution in [2.24, 2.45) is 0 Å². The van der Waals surface area contributed by atoms with Gasteiger partial charge in [-0.15, -0.1) is 0 Å². The summed E-state index contributed by atoms with van der Waals surface area (Å²) in [4.78, 5) is 0. The third-order valence-corrected chi connectivity index (χ3v) is 2.61. The minimum atomic E-state index is 0.577. The van der Waals surface area contributed by atoms with Crippen molar-refractivity contribution in [3.63, 3.8) is 0 Å². The lowest BCUT2D eigenvalue weighted by atomic mass is 10.2. The molecule has 3 rings (SSSR count). The molecule has 1 aromatic heterocycles. The minimum absolute atomic E-state index is 0.577. The highest BCUT2D eigenvalue weighted by atomic mass is 16.5. The number of benzene rings is 2. The van der Waals surface area contributed by atoms with Crippen LogP contribution in [0.5, 0.6) is 5.75 Å². The van der Waals surface area contributed by atoms with Gasteiger partial charge in [-0.3, -0.25) is 0 Å². The summed E-state index contributed by atoms with van der Waals surface area (Å²) in [6, 6.07) is 17.7. The Hall–Kier alpha value is -2.22. The fourth-order valence-electron chi connectivity index (χ4n) is 1.72. The molecule has 0 atom stereocenters. The van der Waals surface area contributed by atoms with Crippen LogP contribution in [-0.4, -0.2) is 0 Å². The summed E-state index contributed by atoms with van der Waals surface area (Å²) >= 11 is 0. The van der Waals surface area contributed by atoms with E-state index in [2.05, 4.69) is 6.26 Å². The number of fused-ring (bicyclic) bond motifs is 1. The zero-order chi connectivity index (χ0) is 11.5. The van der Waals surface area contributed by atoms with Crippen molar-refractivity contribution < 1.29 is 9.15 Å². The summed E-state index contributed by atoms with van der Waals surface area (Å²) < 4.78 is 10.9. The van der Waals surface area contributed by atoms with E-state index in [9.17, 15) is 0 Å². The van der Waals surface area contributed by atoms with E-state index in [0.29, 0.717) is 6.61 Å². The predicted octanol–water partition coefficient (Wildman–Crippen LogP) is 3.81. The Morgan fingerprint density at radius 3 is 2.82 bits per heavy atom. The maximum absolute atomic E-state index is 5.71. The average molecular weight is 223 g/mol. The molecule has 0 fully saturated rings. The van der Waals surface area contributed by atoms with Gasteiger partial charge in [-0.1, -0.05) is 30.3 Å². The van der Waals surface area contributed by atoms with Crippen LogP contribution in [0.1, 0.15) is 5.56 Å². The van der Waals surface area contributed by atoms with Crippen LogP contribution in [0.25, 0.3) is 11.0 Å². The highest BCUT2D eigenvalue weighted by molar-refractivity contribution is 5.78. The topological polar surface area (TPSA) is 22.4 Å². The van der Waals surface area contributed by atoms with Gasteiger partial charge in [-0.25, -0.2) is 0 Å². The molecule has 17 heavy (non-hydrogen) atoms. The molecule has 0 aliphatic heterocycles. The third-order valence-electron chi connectivity index (χ3n) is 2.61. The smallest absolute Gasteiger partial charge is 0.170 e. The Balaban J connectivity index is 1.76. The number of furan rings is 1. The van der Waals surface area contributed by atoms with Crippen molar-refractivity contribution in [1.29, 1.82) is 0 Å². The van der Waals surface area contributed by atoms with E-state index in [4.69, 9.17) is 9.15 Å². The molecule has 0 spiro atoms. The maximum Gasteiger partial charge on any atom is 0.170 e. The normalized spacial score (nSPS) is 10.6. The van der Waals surface area contributed by atoms with Crippen LogP contribution in [0.3, 0.4) is 0 Å². The number of hydrogen-bond acceptors (Lipinski definition) is 2. The number of hydrogen-bond donors (Lipinski definition) is 0. The quantitative estimate of drug-likeness (QED) is 0.673. The van der Waals surface area contributed by atoms with Gasteiger partial charge in [-0.05, 0) is 29.8 Å². The van der Waals surface area contributed by atoms with Crippen LogP contribution in [0.2, 0.25) is 0 Å². The molecule has 0 aliphatic carbocycles. The lowest BCUT2D eigenvalue weighted by Gasteiger charge is -2.05. The van der Waals surface area contributed by atoms with Gasteiger partial charge >= 0.3 is 0 Å². The molecule has 2 nitrogen and oxygen atoms in total. The molecule has 83 valence electrons. The van der Waals surface area contributed by atoms with E-state index >= 15 is 0 Å². The molecule has 0 saturated heterocycles. The first-order valence-electron chi connectivity index (χ1n) is 5.48. The zero-order valence-electron chi connectivity index (χ0n) is 9.22. The lowest BCUT2D eigenvalue weighted by molar-refractivity contribution is 0.306. The van der Waals surface area contributed by atoms with E-state index in [0.717, 1.165) is 22.3 Å². The molecule has 0 amide bonds. The van der Waals surface area contributed by atoms with Gasteiger partial charge in [0.05, 0.1) is 0 Å². The second kappa shape index (κ2) is 4.34. The standard InChI is InChI=1S/C15H11O2/c1-2-4-12(5-3-1)11-17-14-6-7-15-13(10-14)8-9-16-15/h1-8,10H,11H2. The summed E-state index contributed by atoms with van der Waals surface area (Å²) in [6.07, 6.45) is 2.71. The van der Waals surface area contributed by atoms with Gasteiger partial charge in [0.25, 0.3) is 0 Å². The van der Waals surface area contributed by atoms with Crippen molar-refractivity contribution in [2.45, 2.75) is 6.61 Å². The largest absolute Gasteiger partial charge is 0.489 e. The SMILES string of the molecule is [c]1cc2cc(OCc3ccccc3)ccc2o1. The monoisotopic (exact) mass is 223 g/mol. The van der Waals surface area contributed by atoms with E-state index in [-0.39, 0.29) is 0 Å². The van der Waals surface area contributed by atoms with Crippen LogP contribution < -0.4 is 4.74 Å². The average Bonchev–Trinajstić information content (AvgIpc) is 2.85. The first-order valence-corrected chi connectivity index (χ1v) is 5.48. The first kappa shape index (κ1) is 9.97. The molecule has 0 N–H and O–H groups in total. The molecule has 2 heteroatoms. The number of rotatable bonds is 3. The van der Waals surface area contributed by atoms with Crippen molar-refractivity contribution in [2.75, 3.05) is 0 Å². The summed E-state index contributed by atoms with van der Waals surface area (Å²) in [5.41, 5.74) is 1.99. The summed E-state index contributed by atoms with van der Waals surface area (Å²) in [5.74, 6) is 0.844. The highest BCUT2D eigenvalue weighted by Gasteiger charge is 2.00. The lowest BCUT2D eigenvalue weighted by Crippen LogP contribution is -1.94. The van der Waals surface area contributed by atoms with Crippen LogP contribution in [0.4, 0.5) is 0 Å². The summed E-state index contributed by atoms with van der Waals surface area (Å²) in [6.45, 7) is 0.577. The van der Waals surface area contributed by atoms with Gasteiger partial charge < -0.3 is 9.15 Å². The molecule has 1 radical (unpaired) electrons. The molecule has 0 aliphatic rings. The Bertz CT molecular complexity index is 611. The van der Waals surface area contributed by atoms with Crippen molar-refractivity contribution in [3.05, 3.63) is 66.4 Å². The Labute approximate surface area is 99.4 Å². The number of ether oxygens (including phenoxy) is 1. The second-order valence-corrected chi connectivity index (χ2v) is 3.84. The summed E-state index contributed by atoms with van der Waals surface area (Å²) in [5, 5.41) is 1.01. The fraction of sp³-hybridized carbons (Fsp3) is 0.0667. The molecule has 0 unspecified atom stereocenters. The van der Waals surface area contributed by atoms with E-state index in [1.54, 1.807) is 0 Å².